The topological polar surface area (TPSA) is 61.9 Å². The first-order chi connectivity index (χ1) is 9.67. The van der Waals surface area contributed by atoms with Gasteiger partial charge in [0.15, 0.2) is 0 Å². The molecule has 6 nitrogen and oxygen atoms in total. The molecule has 0 aromatic carbocycles. The van der Waals surface area contributed by atoms with Crippen molar-refractivity contribution >= 4 is 10.0 Å². The van der Waals surface area contributed by atoms with Crippen molar-refractivity contribution < 1.29 is 13.2 Å². The number of nitrogens with zero attached hydrogens (tertiary/aromatic N) is 2. The molecule has 20 heavy (non-hydrogen) atoms. The summed E-state index contributed by atoms with van der Waals surface area (Å²) >= 11 is 0. The van der Waals surface area contributed by atoms with Crippen LogP contribution in [-0.4, -0.2) is 81.4 Å². The quantitative estimate of drug-likeness (QED) is 0.757. The second-order valence-corrected chi connectivity index (χ2v) is 7.97. The van der Waals surface area contributed by atoms with Crippen molar-refractivity contribution in [1.29, 1.82) is 0 Å². The van der Waals surface area contributed by atoms with E-state index in [1.807, 2.05) is 0 Å². The van der Waals surface area contributed by atoms with Gasteiger partial charge < -0.3 is 10.1 Å². The van der Waals surface area contributed by atoms with Gasteiger partial charge in [-0.2, -0.15) is 4.31 Å². The van der Waals surface area contributed by atoms with Crippen LogP contribution in [0.25, 0.3) is 0 Å². The number of sulfonamides is 1. The molecule has 3 aliphatic rings. The van der Waals surface area contributed by atoms with Crippen LogP contribution in [0.15, 0.2) is 0 Å². The fraction of sp³-hybridized carbons (Fsp3) is 1.00. The summed E-state index contributed by atoms with van der Waals surface area (Å²) in [5.41, 5.74) is 0. The predicted octanol–water partition coefficient (Wildman–Crippen LogP) is -0.525. The predicted molar refractivity (Wildman–Crippen MR) is 77.2 cm³/mol. The number of hydrogen-bond acceptors (Lipinski definition) is 5. The number of nitrogens with one attached hydrogen (secondary N) is 1. The lowest BCUT2D eigenvalue weighted by Gasteiger charge is -2.37. The molecule has 116 valence electrons. The monoisotopic (exact) mass is 303 g/mol. The minimum absolute atomic E-state index is 0.0942. The number of piperazine rings is 1. The van der Waals surface area contributed by atoms with E-state index >= 15 is 0 Å². The second-order valence-electron chi connectivity index (χ2n) is 5.93. The Hall–Kier alpha value is -0.210. The minimum Gasteiger partial charge on any atom is -0.375 e. The molecule has 0 aromatic heterocycles. The van der Waals surface area contributed by atoms with E-state index in [0.717, 1.165) is 45.4 Å². The van der Waals surface area contributed by atoms with Crippen molar-refractivity contribution in [1.82, 2.24) is 14.5 Å². The Kier molecular flexibility index (Phi) is 4.62. The van der Waals surface area contributed by atoms with Gasteiger partial charge in [0.05, 0.1) is 24.5 Å². The molecule has 2 saturated heterocycles. The van der Waals surface area contributed by atoms with Crippen LogP contribution in [0.1, 0.15) is 19.3 Å². The van der Waals surface area contributed by atoms with Crippen molar-refractivity contribution in [2.24, 2.45) is 0 Å². The molecule has 0 spiro atoms. The van der Waals surface area contributed by atoms with Crippen molar-refractivity contribution in [3.8, 4) is 0 Å². The number of hydrogen-bond donors (Lipinski definition) is 1. The SMILES string of the molecule is O=S(=O)(CCN1CCNCC1)N1CCOC2CCCC21. The van der Waals surface area contributed by atoms with E-state index in [-0.39, 0.29) is 17.9 Å². The highest BCUT2D eigenvalue weighted by Gasteiger charge is 2.41. The lowest BCUT2D eigenvalue weighted by atomic mass is 10.2. The molecular formula is C13H25N3O3S. The van der Waals surface area contributed by atoms with Crippen LogP contribution < -0.4 is 5.32 Å². The van der Waals surface area contributed by atoms with Gasteiger partial charge in [-0.3, -0.25) is 4.90 Å². The molecule has 0 aromatic rings. The molecule has 3 rings (SSSR count). The van der Waals surface area contributed by atoms with Gasteiger partial charge >= 0.3 is 0 Å². The molecule has 7 heteroatoms. The molecule has 0 amide bonds. The normalized spacial score (nSPS) is 33.2. The number of morpholine rings is 1. The summed E-state index contributed by atoms with van der Waals surface area (Å²) in [5.74, 6) is 0.246. The Labute approximate surface area is 121 Å². The molecule has 1 aliphatic carbocycles. The zero-order chi connectivity index (χ0) is 14.0. The molecule has 0 bridgehead atoms. The van der Waals surface area contributed by atoms with Crippen LogP contribution in [0, 0.1) is 0 Å². The first-order valence-corrected chi connectivity index (χ1v) is 9.32. The average molecular weight is 303 g/mol. The molecule has 1 N–H and O–H groups in total. The fourth-order valence-electron chi connectivity index (χ4n) is 3.53. The summed E-state index contributed by atoms with van der Waals surface area (Å²) in [5, 5.41) is 3.29. The van der Waals surface area contributed by atoms with E-state index < -0.39 is 10.0 Å². The summed E-state index contributed by atoms with van der Waals surface area (Å²) in [6.45, 7) is 5.55. The number of ether oxygens (including phenoxy) is 1. The van der Waals surface area contributed by atoms with Gasteiger partial charge in [0, 0.05) is 39.3 Å². The number of rotatable bonds is 4. The van der Waals surface area contributed by atoms with Crippen LogP contribution in [0.5, 0.6) is 0 Å². The Morgan fingerprint density at radius 2 is 1.95 bits per heavy atom. The van der Waals surface area contributed by atoms with Gasteiger partial charge in [-0.05, 0) is 19.3 Å². The standard InChI is InChI=1S/C13H25N3O3S/c17-20(18,11-9-15-6-4-14-5-7-15)16-8-10-19-13-3-1-2-12(13)16/h12-14H,1-11H2. The first kappa shape index (κ1) is 14.7. The Bertz CT molecular complexity index is 423. The van der Waals surface area contributed by atoms with E-state index in [0.29, 0.717) is 19.7 Å². The Balaban J connectivity index is 1.59. The molecule has 3 fully saturated rings. The van der Waals surface area contributed by atoms with Crippen molar-refractivity contribution in [2.75, 3.05) is 51.6 Å². The van der Waals surface area contributed by atoms with Gasteiger partial charge in [0.1, 0.15) is 0 Å². The van der Waals surface area contributed by atoms with Gasteiger partial charge in [0.2, 0.25) is 10.0 Å². The zero-order valence-corrected chi connectivity index (χ0v) is 12.8. The summed E-state index contributed by atoms with van der Waals surface area (Å²) in [6.07, 6.45) is 3.18. The lowest BCUT2D eigenvalue weighted by Crippen LogP contribution is -2.53. The fourth-order valence-corrected chi connectivity index (χ4v) is 5.26. The summed E-state index contributed by atoms with van der Waals surface area (Å²) < 4.78 is 32.6. The highest BCUT2D eigenvalue weighted by Crippen LogP contribution is 2.31. The summed E-state index contributed by atoms with van der Waals surface area (Å²) in [6, 6.07) is 0.0942. The third kappa shape index (κ3) is 3.17. The highest BCUT2D eigenvalue weighted by molar-refractivity contribution is 7.89. The third-order valence-electron chi connectivity index (χ3n) is 4.66. The average Bonchev–Trinajstić information content (AvgIpc) is 2.94. The van der Waals surface area contributed by atoms with Gasteiger partial charge in [0.25, 0.3) is 0 Å². The van der Waals surface area contributed by atoms with Crippen LogP contribution in [0.4, 0.5) is 0 Å². The van der Waals surface area contributed by atoms with Gasteiger partial charge in [-0.15, -0.1) is 0 Å². The molecule has 2 atom stereocenters. The number of fused-ring (bicyclic) bond motifs is 1. The summed E-state index contributed by atoms with van der Waals surface area (Å²) in [4.78, 5) is 2.24. The van der Waals surface area contributed by atoms with Crippen LogP contribution in [0.3, 0.4) is 0 Å². The highest BCUT2D eigenvalue weighted by atomic mass is 32.2. The van der Waals surface area contributed by atoms with Crippen molar-refractivity contribution in [3.63, 3.8) is 0 Å². The smallest absolute Gasteiger partial charge is 0.215 e. The van der Waals surface area contributed by atoms with Gasteiger partial charge in [-0.1, -0.05) is 0 Å². The lowest BCUT2D eigenvalue weighted by molar-refractivity contribution is -0.0242. The van der Waals surface area contributed by atoms with Crippen molar-refractivity contribution in [2.45, 2.75) is 31.4 Å². The molecule has 2 unspecified atom stereocenters. The van der Waals surface area contributed by atoms with E-state index in [4.69, 9.17) is 4.74 Å². The first-order valence-electron chi connectivity index (χ1n) is 7.71. The van der Waals surface area contributed by atoms with Crippen LogP contribution >= 0.6 is 0 Å². The van der Waals surface area contributed by atoms with Gasteiger partial charge in [-0.25, -0.2) is 8.42 Å². The van der Waals surface area contributed by atoms with Crippen LogP contribution in [-0.2, 0) is 14.8 Å². The van der Waals surface area contributed by atoms with Crippen LogP contribution in [0.2, 0.25) is 0 Å². The van der Waals surface area contributed by atoms with E-state index in [1.54, 1.807) is 4.31 Å². The molecule has 2 heterocycles. The zero-order valence-electron chi connectivity index (χ0n) is 12.0. The maximum Gasteiger partial charge on any atom is 0.215 e. The third-order valence-corrected chi connectivity index (χ3v) is 6.53. The maximum absolute atomic E-state index is 12.6. The Morgan fingerprint density at radius 3 is 2.75 bits per heavy atom. The van der Waals surface area contributed by atoms with E-state index in [9.17, 15) is 8.42 Å². The molecule has 2 aliphatic heterocycles. The largest absolute Gasteiger partial charge is 0.375 e. The van der Waals surface area contributed by atoms with E-state index in [2.05, 4.69) is 10.2 Å². The summed E-state index contributed by atoms with van der Waals surface area (Å²) in [7, 11) is -3.15. The second kappa shape index (κ2) is 6.27. The van der Waals surface area contributed by atoms with Crippen molar-refractivity contribution in [3.05, 3.63) is 0 Å². The Morgan fingerprint density at radius 1 is 1.15 bits per heavy atom. The molecule has 1 saturated carbocycles. The maximum atomic E-state index is 12.6. The minimum atomic E-state index is -3.15. The molecule has 0 radical (unpaired) electrons. The van der Waals surface area contributed by atoms with E-state index in [1.165, 1.54) is 0 Å². The molecular weight excluding hydrogens is 278 g/mol.